The Bertz CT molecular complexity index is 982. The van der Waals surface area contributed by atoms with Crippen molar-refractivity contribution >= 4 is 29.1 Å². The summed E-state index contributed by atoms with van der Waals surface area (Å²) in [5.41, 5.74) is 1.27. The number of ketones is 1. The van der Waals surface area contributed by atoms with Crippen LogP contribution in [0.1, 0.15) is 37.4 Å². The third-order valence-corrected chi connectivity index (χ3v) is 6.11. The second kappa shape index (κ2) is 10.7. The molecule has 0 aromatic heterocycles. The van der Waals surface area contributed by atoms with E-state index in [1.807, 2.05) is 0 Å². The van der Waals surface area contributed by atoms with Gasteiger partial charge in [-0.1, -0.05) is 37.6 Å². The second-order valence-electron chi connectivity index (χ2n) is 7.65. The van der Waals surface area contributed by atoms with Gasteiger partial charge in [-0.3, -0.25) is 9.59 Å². The maximum atomic E-state index is 13.0. The molecule has 0 unspecified atom stereocenters. The van der Waals surface area contributed by atoms with Gasteiger partial charge < -0.3 is 19.6 Å². The zero-order valence-corrected chi connectivity index (χ0v) is 19.4. The van der Waals surface area contributed by atoms with Crippen molar-refractivity contribution in [3.05, 3.63) is 70.3 Å². The lowest BCUT2D eigenvalue weighted by atomic mass is 9.95. The Kier molecular flexibility index (Phi) is 7.94. The molecule has 0 spiro atoms. The molecule has 1 aliphatic heterocycles. The number of hydrogen-bond acceptors (Lipinski definition) is 5. The number of aliphatic hydroxyl groups excluding tert-OH is 1. The van der Waals surface area contributed by atoms with Crippen molar-refractivity contribution in [2.75, 3.05) is 33.3 Å². The van der Waals surface area contributed by atoms with Crippen LogP contribution in [0.4, 0.5) is 0 Å². The van der Waals surface area contributed by atoms with Crippen molar-refractivity contribution in [1.29, 1.82) is 0 Å². The molecule has 1 N–H and O–H groups in total. The quantitative estimate of drug-likeness (QED) is 0.341. The molecule has 32 heavy (non-hydrogen) atoms. The molecular weight excluding hydrogens is 428 g/mol. The smallest absolute Gasteiger partial charge is 0.295 e. The van der Waals surface area contributed by atoms with Crippen LogP contribution < -0.4 is 4.74 Å². The van der Waals surface area contributed by atoms with E-state index in [4.69, 9.17) is 16.3 Å². The molecule has 0 radical (unpaired) electrons. The summed E-state index contributed by atoms with van der Waals surface area (Å²) in [5.74, 6) is -0.842. The number of ether oxygens (including phenoxy) is 1. The molecule has 170 valence electrons. The first-order valence-corrected chi connectivity index (χ1v) is 11.2. The van der Waals surface area contributed by atoms with E-state index in [1.54, 1.807) is 60.5 Å². The zero-order chi connectivity index (χ0) is 23.3. The van der Waals surface area contributed by atoms with E-state index in [0.717, 1.165) is 31.6 Å². The lowest BCUT2D eigenvalue weighted by molar-refractivity contribution is -0.140. The predicted octanol–water partition coefficient (Wildman–Crippen LogP) is 4.50. The average molecular weight is 457 g/mol. The van der Waals surface area contributed by atoms with Gasteiger partial charge in [0.25, 0.3) is 11.7 Å². The van der Waals surface area contributed by atoms with Gasteiger partial charge in [0.05, 0.1) is 18.7 Å². The van der Waals surface area contributed by atoms with Gasteiger partial charge in [0.15, 0.2) is 0 Å². The van der Waals surface area contributed by atoms with Gasteiger partial charge in [-0.15, -0.1) is 0 Å². The van der Waals surface area contributed by atoms with E-state index < -0.39 is 17.7 Å². The van der Waals surface area contributed by atoms with Crippen LogP contribution in [-0.4, -0.2) is 59.9 Å². The minimum absolute atomic E-state index is 0.0883. The van der Waals surface area contributed by atoms with Crippen molar-refractivity contribution in [3.63, 3.8) is 0 Å². The lowest BCUT2D eigenvalue weighted by Gasteiger charge is -2.26. The van der Waals surface area contributed by atoms with Gasteiger partial charge in [0.1, 0.15) is 11.5 Å². The van der Waals surface area contributed by atoms with E-state index in [9.17, 15) is 14.7 Å². The van der Waals surface area contributed by atoms with Crippen LogP contribution in [0.15, 0.2) is 54.1 Å². The highest BCUT2D eigenvalue weighted by Crippen LogP contribution is 2.39. The van der Waals surface area contributed by atoms with E-state index in [2.05, 4.69) is 18.7 Å². The molecule has 1 amide bonds. The molecule has 1 aliphatic rings. The molecule has 0 saturated carbocycles. The van der Waals surface area contributed by atoms with Gasteiger partial charge in [-0.2, -0.15) is 0 Å². The molecular formula is C25H29ClN2O4. The standard InChI is InChI=1S/C25H29ClN2O4/c1-4-27(5-2)15-6-16-28-22(17-7-11-19(26)12-8-17)21(24(30)25(28)31)23(29)18-9-13-20(32-3)14-10-18/h7-14,22,29H,4-6,15-16H2,1-3H3/t22-/m0/s1. The Hall–Kier alpha value is -2.83. The lowest BCUT2D eigenvalue weighted by Crippen LogP contribution is -2.33. The minimum Gasteiger partial charge on any atom is -0.507 e. The van der Waals surface area contributed by atoms with Crippen LogP contribution in [0, 0.1) is 0 Å². The number of methoxy groups -OCH3 is 1. The Balaban J connectivity index is 2.01. The molecule has 1 heterocycles. The monoisotopic (exact) mass is 456 g/mol. The highest BCUT2D eigenvalue weighted by atomic mass is 35.5. The van der Waals surface area contributed by atoms with Crippen LogP contribution in [0.5, 0.6) is 5.75 Å². The number of nitrogens with zero attached hydrogens (tertiary/aromatic N) is 2. The fourth-order valence-electron chi connectivity index (χ4n) is 4.01. The molecule has 1 atom stereocenters. The van der Waals surface area contributed by atoms with Crippen LogP contribution in [0.3, 0.4) is 0 Å². The highest BCUT2D eigenvalue weighted by Gasteiger charge is 2.45. The third kappa shape index (κ3) is 4.97. The van der Waals surface area contributed by atoms with E-state index in [-0.39, 0.29) is 11.3 Å². The molecule has 3 rings (SSSR count). The summed E-state index contributed by atoms with van der Waals surface area (Å²) < 4.78 is 5.17. The summed E-state index contributed by atoms with van der Waals surface area (Å²) in [7, 11) is 1.55. The number of halogens is 1. The Morgan fingerprint density at radius 3 is 2.25 bits per heavy atom. The summed E-state index contributed by atoms with van der Waals surface area (Å²) in [6.07, 6.45) is 0.724. The van der Waals surface area contributed by atoms with Gasteiger partial charge in [-0.05, 0) is 68.0 Å². The van der Waals surface area contributed by atoms with Crippen molar-refractivity contribution in [2.45, 2.75) is 26.3 Å². The maximum absolute atomic E-state index is 13.0. The Labute approximate surface area is 194 Å². The fraction of sp³-hybridized carbons (Fsp3) is 0.360. The first-order chi connectivity index (χ1) is 15.4. The molecule has 7 heteroatoms. The van der Waals surface area contributed by atoms with Gasteiger partial charge in [0, 0.05) is 17.1 Å². The normalized spacial score (nSPS) is 17.9. The molecule has 6 nitrogen and oxygen atoms in total. The van der Waals surface area contributed by atoms with E-state index >= 15 is 0 Å². The number of rotatable bonds is 9. The van der Waals surface area contributed by atoms with Crippen molar-refractivity contribution < 1.29 is 19.4 Å². The third-order valence-electron chi connectivity index (χ3n) is 5.86. The summed E-state index contributed by atoms with van der Waals surface area (Å²) >= 11 is 6.06. The molecule has 1 fully saturated rings. The summed E-state index contributed by atoms with van der Waals surface area (Å²) in [4.78, 5) is 29.9. The second-order valence-corrected chi connectivity index (χ2v) is 8.09. The Morgan fingerprint density at radius 2 is 1.69 bits per heavy atom. The topological polar surface area (TPSA) is 70.1 Å². The fourth-order valence-corrected chi connectivity index (χ4v) is 4.14. The minimum atomic E-state index is -0.680. The summed E-state index contributed by atoms with van der Waals surface area (Å²) in [5, 5.41) is 11.6. The Morgan fingerprint density at radius 1 is 1.06 bits per heavy atom. The molecule has 2 aromatic carbocycles. The van der Waals surface area contributed by atoms with Gasteiger partial charge >= 0.3 is 0 Å². The zero-order valence-electron chi connectivity index (χ0n) is 18.7. The summed E-state index contributed by atoms with van der Waals surface area (Å²) in [6.45, 7) is 7.27. The number of aliphatic hydroxyl groups is 1. The number of benzene rings is 2. The van der Waals surface area contributed by atoms with Crippen molar-refractivity contribution in [3.8, 4) is 5.75 Å². The van der Waals surface area contributed by atoms with E-state index in [1.165, 1.54) is 0 Å². The van der Waals surface area contributed by atoms with Gasteiger partial charge in [0.2, 0.25) is 0 Å². The number of hydrogen-bond donors (Lipinski definition) is 1. The number of amides is 1. The number of carbonyl (C=O) groups excluding carboxylic acids is 2. The average Bonchev–Trinajstić information content (AvgIpc) is 3.07. The summed E-state index contributed by atoms with van der Waals surface area (Å²) in [6, 6.07) is 13.1. The molecule has 0 aliphatic carbocycles. The first kappa shape index (κ1) is 23.8. The maximum Gasteiger partial charge on any atom is 0.295 e. The van der Waals surface area contributed by atoms with Crippen LogP contribution in [0.25, 0.3) is 5.76 Å². The number of Topliss-reactive ketones (excluding diaryl/α,β-unsaturated/α-hetero) is 1. The molecule has 1 saturated heterocycles. The van der Waals surface area contributed by atoms with E-state index in [0.29, 0.717) is 22.9 Å². The van der Waals surface area contributed by atoms with Crippen LogP contribution in [-0.2, 0) is 9.59 Å². The van der Waals surface area contributed by atoms with Crippen LogP contribution >= 0.6 is 11.6 Å². The first-order valence-electron chi connectivity index (χ1n) is 10.8. The highest BCUT2D eigenvalue weighted by molar-refractivity contribution is 6.46. The predicted molar refractivity (Wildman–Crippen MR) is 126 cm³/mol. The number of carbonyl (C=O) groups is 2. The van der Waals surface area contributed by atoms with Crippen molar-refractivity contribution in [2.24, 2.45) is 0 Å². The molecule has 2 aromatic rings. The number of likely N-dealkylation sites (tertiary alicyclic amines) is 1. The largest absolute Gasteiger partial charge is 0.507 e. The van der Waals surface area contributed by atoms with Crippen LogP contribution in [0.2, 0.25) is 5.02 Å². The van der Waals surface area contributed by atoms with Gasteiger partial charge in [-0.25, -0.2) is 0 Å². The SMILES string of the molecule is CCN(CC)CCCN1C(=O)C(=O)C(=C(O)c2ccc(OC)cc2)[C@@H]1c1ccc(Cl)cc1. The molecule has 0 bridgehead atoms. The van der Waals surface area contributed by atoms with Crippen molar-refractivity contribution in [1.82, 2.24) is 9.80 Å².